The predicted octanol–water partition coefficient (Wildman–Crippen LogP) is 2.98. The monoisotopic (exact) mass is 182 g/mol. The van der Waals surface area contributed by atoms with E-state index in [1.807, 2.05) is 0 Å². The number of nitrogens with two attached hydrogens (primary N) is 1. The van der Waals surface area contributed by atoms with Gasteiger partial charge in [-0.25, -0.2) is 0 Å². The molecule has 0 radical (unpaired) electrons. The van der Waals surface area contributed by atoms with Gasteiger partial charge in [-0.2, -0.15) is 5.26 Å². The number of nitrogens with zero attached hydrogens (tertiary/aromatic N) is 1. The number of nitriles is 1. The molecule has 2 N–H and O–H groups in total. The molecule has 0 spiro atoms. The summed E-state index contributed by atoms with van der Waals surface area (Å²) in [7, 11) is 0. The van der Waals surface area contributed by atoms with E-state index in [0.29, 0.717) is 0 Å². The van der Waals surface area contributed by atoms with Crippen LogP contribution in [0, 0.1) is 11.3 Å². The van der Waals surface area contributed by atoms with Gasteiger partial charge in [-0.05, 0) is 13.3 Å². The van der Waals surface area contributed by atoms with Crippen molar-refractivity contribution in [3.63, 3.8) is 0 Å². The lowest BCUT2D eigenvalue weighted by molar-refractivity contribution is 0.492. The third-order valence-electron chi connectivity index (χ3n) is 2.31. The van der Waals surface area contributed by atoms with E-state index in [-0.39, 0.29) is 0 Å². The summed E-state index contributed by atoms with van der Waals surface area (Å²) in [5.74, 6) is 0. The first-order valence-electron chi connectivity index (χ1n) is 5.32. The highest BCUT2D eigenvalue weighted by Gasteiger charge is 2.15. The van der Waals surface area contributed by atoms with Crippen LogP contribution < -0.4 is 5.73 Å². The number of hydrogen-bond donors (Lipinski definition) is 1. The largest absolute Gasteiger partial charge is 0.314 e. The molecule has 0 saturated carbocycles. The van der Waals surface area contributed by atoms with Gasteiger partial charge in [0.05, 0.1) is 6.07 Å². The summed E-state index contributed by atoms with van der Waals surface area (Å²) in [4.78, 5) is 0. The molecule has 2 heteroatoms. The number of unbranched alkanes of at least 4 members (excludes halogenated alkanes) is 5. The molecule has 0 aromatic rings. The molecule has 0 aliphatic carbocycles. The average molecular weight is 182 g/mol. The van der Waals surface area contributed by atoms with Crippen LogP contribution in [0.5, 0.6) is 0 Å². The van der Waals surface area contributed by atoms with Gasteiger partial charge in [-0.3, -0.25) is 0 Å². The average Bonchev–Trinajstić information content (AvgIpc) is 2.11. The van der Waals surface area contributed by atoms with Crippen LogP contribution in [0.4, 0.5) is 0 Å². The molecule has 0 amide bonds. The summed E-state index contributed by atoms with van der Waals surface area (Å²) in [6, 6.07) is 2.12. The fourth-order valence-electron chi connectivity index (χ4n) is 1.33. The van der Waals surface area contributed by atoms with E-state index in [1.165, 1.54) is 32.1 Å². The quantitative estimate of drug-likeness (QED) is 0.615. The molecule has 0 bridgehead atoms. The first-order chi connectivity index (χ1) is 6.12. The fourth-order valence-corrected chi connectivity index (χ4v) is 1.33. The Labute approximate surface area is 82.1 Å². The van der Waals surface area contributed by atoms with Crippen LogP contribution in [0.3, 0.4) is 0 Å². The molecule has 0 aliphatic heterocycles. The van der Waals surface area contributed by atoms with E-state index in [4.69, 9.17) is 11.0 Å². The third-order valence-corrected chi connectivity index (χ3v) is 2.31. The Morgan fingerprint density at radius 3 is 2.23 bits per heavy atom. The van der Waals surface area contributed by atoms with Crippen molar-refractivity contribution >= 4 is 0 Å². The van der Waals surface area contributed by atoms with Crippen molar-refractivity contribution < 1.29 is 0 Å². The first-order valence-corrected chi connectivity index (χ1v) is 5.32. The van der Waals surface area contributed by atoms with Gasteiger partial charge in [0.15, 0.2) is 0 Å². The van der Waals surface area contributed by atoms with Gasteiger partial charge >= 0.3 is 0 Å². The second-order valence-electron chi connectivity index (χ2n) is 4.05. The van der Waals surface area contributed by atoms with Crippen molar-refractivity contribution in [1.82, 2.24) is 0 Å². The van der Waals surface area contributed by atoms with E-state index in [0.717, 1.165) is 12.8 Å². The van der Waals surface area contributed by atoms with Gasteiger partial charge in [-0.1, -0.05) is 45.4 Å². The Kier molecular flexibility index (Phi) is 6.62. The molecule has 1 atom stereocenters. The minimum Gasteiger partial charge on any atom is -0.314 e. The van der Waals surface area contributed by atoms with Crippen molar-refractivity contribution in [2.45, 2.75) is 64.3 Å². The zero-order valence-electron chi connectivity index (χ0n) is 8.97. The Morgan fingerprint density at radius 2 is 1.69 bits per heavy atom. The minimum absolute atomic E-state index is 0.606. The van der Waals surface area contributed by atoms with Crippen LogP contribution in [0.15, 0.2) is 0 Å². The van der Waals surface area contributed by atoms with Gasteiger partial charge in [0.2, 0.25) is 0 Å². The molecular weight excluding hydrogens is 160 g/mol. The smallest absolute Gasteiger partial charge is 0.101 e. The fraction of sp³-hybridized carbons (Fsp3) is 0.909. The lowest BCUT2D eigenvalue weighted by atomic mass is 9.97. The summed E-state index contributed by atoms with van der Waals surface area (Å²) in [6.07, 6.45) is 8.36. The van der Waals surface area contributed by atoms with Crippen LogP contribution in [-0.2, 0) is 0 Å². The summed E-state index contributed by atoms with van der Waals surface area (Å²) in [6.45, 7) is 4.02. The zero-order chi connectivity index (χ0) is 10.2. The Hall–Kier alpha value is -0.550. The lowest BCUT2D eigenvalue weighted by Gasteiger charge is -2.14. The van der Waals surface area contributed by atoms with E-state index in [2.05, 4.69) is 13.0 Å². The van der Waals surface area contributed by atoms with Gasteiger partial charge < -0.3 is 5.73 Å². The molecule has 0 fully saturated rings. The number of rotatable bonds is 7. The maximum atomic E-state index is 8.66. The van der Waals surface area contributed by atoms with E-state index < -0.39 is 5.54 Å². The molecular formula is C11H22N2. The maximum Gasteiger partial charge on any atom is 0.101 e. The first kappa shape index (κ1) is 12.4. The highest BCUT2D eigenvalue weighted by molar-refractivity contribution is 5.00. The molecule has 0 saturated heterocycles. The SMILES string of the molecule is CCCCCCCCC(C)(N)C#N. The molecule has 76 valence electrons. The van der Waals surface area contributed by atoms with Gasteiger partial charge in [0, 0.05) is 0 Å². The standard InChI is InChI=1S/C11H22N2/c1-3-4-5-6-7-8-9-11(2,13)10-12/h3-9,13H2,1-2H3. The molecule has 0 aromatic carbocycles. The van der Waals surface area contributed by atoms with Crippen LogP contribution >= 0.6 is 0 Å². The molecule has 0 aromatic heterocycles. The summed E-state index contributed by atoms with van der Waals surface area (Å²) < 4.78 is 0. The lowest BCUT2D eigenvalue weighted by Crippen LogP contribution is -2.33. The van der Waals surface area contributed by atoms with Crippen LogP contribution in [0.2, 0.25) is 0 Å². The third kappa shape index (κ3) is 7.80. The Bertz CT molecular complexity index is 156. The molecule has 0 rings (SSSR count). The minimum atomic E-state index is -0.606. The molecule has 2 nitrogen and oxygen atoms in total. The van der Waals surface area contributed by atoms with E-state index >= 15 is 0 Å². The van der Waals surface area contributed by atoms with Crippen molar-refractivity contribution in [2.75, 3.05) is 0 Å². The Balaban J connectivity index is 3.22. The summed E-state index contributed by atoms with van der Waals surface area (Å²) in [5.41, 5.74) is 5.09. The topological polar surface area (TPSA) is 49.8 Å². The van der Waals surface area contributed by atoms with Gasteiger partial charge in [0.1, 0.15) is 5.54 Å². The molecule has 0 heterocycles. The van der Waals surface area contributed by atoms with Crippen LogP contribution in [0.1, 0.15) is 58.8 Å². The zero-order valence-corrected chi connectivity index (χ0v) is 8.97. The number of hydrogen-bond acceptors (Lipinski definition) is 2. The van der Waals surface area contributed by atoms with Crippen molar-refractivity contribution in [3.8, 4) is 6.07 Å². The Morgan fingerprint density at radius 1 is 1.15 bits per heavy atom. The molecule has 1 unspecified atom stereocenters. The maximum absolute atomic E-state index is 8.66. The second kappa shape index (κ2) is 6.91. The predicted molar refractivity (Wildman–Crippen MR) is 56.2 cm³/mol. The summed E-state index contributed by atoms with van der Waals surface area (Å²) in [5, 5.41) is 8.66. The van der Waals surface area contributed by atoms with Crippen molar-refractivity contribution in [3.05, 3.63) is 0 Å². The second-order valence-corrected chi connectivity index (χ2v) is 4.05. The van der Waals surface area contributed by atoms with Crippen molar-refractivity contribution in [1.29, 1.82) is 5.26 Å². The normalized spacial score (nSPS) is 14.9. The van der Waals surface area contributed by atoms with Crippen molar-refractivity contribution in [2.24, 2.45) is 5.73 Å². The molecule has 13 heavy (non-hydrogen) atoms. The van der Waals surface area contributed by atoms with Gasteiger partial charge in [0.25, 0.3) is 0 Å². The summed E-state index contributed by atoms with van der Waals surface area (Å²) >= 11 is 0. The molecule has 0 aliphatic rings. The highest BCUT2D eigenvalue weighted by atomic mass is 14.7. The van der Waals surface area contributed by atoms with Crippen LogP contribution in [-0.4, -0.2) is 5.54 Å². The van der Waals surface area contributed by atoms with E-state index in [1.54, 1.807) is 6.92 Å². The highest BCUT2D eigenvalue weighted by Crippen LogP contribution is 2.12. The van der Waals surface area contributed by atoms with E-state index in [9.17, 15) is 0 Å². The van der Waals surface area contributed by atoms with Crippen LogP contribution in [0.25, 0.3) is 0 Å². The van der Waals surface area contributed by atoms with Gasteiger partial charge in [-0.15, -0.1) is 0 Å².